The van der Waals surface area contributed by atoms with Gasteiger partial charge in [0.1, 0.15) is 0 Å². The van der Waals surface area contributed by atoms with Crippen LogP contribution in [0.4, 0.5) is 4.79 Å². The molecule has 1 aliphatic heterocycles. The van der Waals surface area contributed by atoms with Crippen molar-refractivity contribution < 1.29 is 9.59 Å². The van der Waals surface area contributed by atoms with Crippen LogP contribution in [0.15, 0.2) is 54.7 Å². The molecule has 2 unspecified atom stereocenters. The lowest BCUT2D eigenvalue weighted by Gasteiger charge is -2.25. The molecule has 25 heavy (non-hydrogen) atoms. The van der Waals surface area contributed by atoms with Gasteiger partial charge in [-0.15, -0.1) is 0 Å². The fraction of sp³-hybridized carbons (Fsp3) is 0.316. The molecule has 0 saturated carbocycles. The standard InChI is InChI=1S/C19H22N4O2/c1-23-17(24)11-15(18(23)14-7-3-2-4-8-14)12-21-19(25)22-13-16-9-5-6-10-20-16/h2-10,15,18H,11-13H2,1H3,(H2,21,22,25). The lowest BCUT2D eigenvalue weighted by atomic mass is 9.94. The molecule has 2 atom stereocenters. The molecular weight excluding hydrogens is 316 g/mol. The van der Waals surface area contributed by atoms with Crippen LogP contribution in [0.3, 0.4) is 0 Å². The SMILES string of the molecule is CN1C(=O)CC(CNC(=O)NCc2ccccn2)C1c1ccccc1. The van der Waals surface area contributed by atoms with Crippen molar-refractivity contribution in [1.29, 1.82) is 0 Å². The Morgan fingerprint density at radius 1 is 1.16 bits per heavy atom. The zero-order chi connectivity index (χ0) is 17.6. The summed E-state index contributed by atoms with van der Waals surface area (Å²) in [7, 11) is 1.82. The number of urea groups is 1. The van der Waals surface area contributed by atoms with Crippen LogP contribution >= 0.6 is 0 Å². The van der Waals surface area contributed by atoms with Gasteiger partial charge in [-0.1, -0.05) is 36.4 Å². The smallest absolute Gasteiger partial charge is 0.315 e. The molecule has 0 spiro atoms. The Hall–Kier alpha value is -2.89. The monoisotopic (exact) mass is 338 g/mol. The zero-order valence-electron chi connectivity index (χ0n) is 14.2. The minimum Gasteiger partial charge on any atom is -0.338 e. The Bertz CT molecular complexity index is 721. The largest absolute Gasteiger partial charge is 0.338 e. The molecule has 1 aromatic heterocycles. The van der Waals surface area contributed by atoms with Crippen LogP contribution in [0.5, 0.6) is 0 Å². The molecule has 0 aliphatic carbocycles. The fourth-order valence-corrected chi connectivity index (χ4v) is 3.24. The predicted molar refractivity (Wildman–Crippen MR) is 94.5 cm³/mol. The maximum atomic E-state index is 12.1. The number of amides is 3. The number of benzene rings is 1. The molecule has 6 heteroatoms. The first-order chi connectivity index (χ1) is 12.1. The van der Waals surface area contributed by atoms with Crippen molar-refractivity contribution in [3.8, 4) is 0 Å². The Morgan fingerprint density at radius 3 is 2.64 bits per heavy atom. The summed E-state index contributed by atoms with van der Waals surface area (Å²) in [5.74, 6) is 0.162. The van der Waals surface area contributed by atoms with Crippen molar-refractivity contribution in [3.63, 3.8) is 0 Å². The van der Waals surface area contributed by atoms with Crippen molar-refractivity contribution in [2.24, 2.45) is 5.92 Å². The molecule has 3 rings (SSSR count). The third kappa shape index (κ3) is 4.15. The second-order valence-corrected chi connectivity index (χ2v) is 6.21. The molecule has 1 aliphatic rings. The first kappa shape index (κ1) is 17.0. The molecule has 2 heterocycles. The summed E-state index contributed by atoms with van der Waals surface area (Å²) < 4.78 is 0. The van der Waals surface area contributed by atoms with Gasteiger partial charge in [0.2, 0.25) is 5.91 Å². The van der Waals surface area contributed by atoms with Gasteiger partial charge in [0, 0.05) is 32.1 Å². The predicted octanol–water partition coefficient (Wildman–Crippen LogP) is 2.10. The Kier molecular flexibility index (Phi) is 5.28. The molecule has 1 fully saturated rings. The van der Waals surface area contributed by atoms with E-state index < -0.39 is 0 Å². The van der Waals surface area contributed by atoms with Crippen LogP contribution in [-0.2, 0) is 11.3 Å². The Morgan fingerprint density at radius 2 is 1.92 bits per heavy atom. The van der Waals surface area contributed by atoms with Crippen molar-refractivity contribution >= 4 is 11.9 Å². The number of likely N-dealkylation sites (tertiary alicyclic amines) is 1. The highest BCUT2D eigenvalue weighted by Crippen LogP contribution is 2.36. The van der Waals surface area contributed by atoms with Crippen LogP contribution in [0, 0.1) is 5.92 Å². The summed E-state index contributed by atoms with van der Waals surface area (Å²) in [6.07, 6.45) is 2.13. The number of nitrogens with one attached hydrogen (secondary N) is 2. The van der Waals surface area contributed by atoms with Gasteiger partial charge >= 0.3 is 6.03 Å². The quantitative estimate of drug-likeness (QED) is 0.877. The highest BCUT2D eigenvalue weighted by Gasteiger charge is 2.38. The summed E-state index contributed by atoms with van der Waals surface area (Å²) in [6.45, 7) is 0.821. The maximum Gasteiger partial charge on any atom is 0.315 e. The molecule has 0 bridgehead atoms. The first-order valence-electron chi connectivity index (χ1n) is 8.37. The van der Waals surface area contributed by atoms with Gasteiger partial charge in [-0.25, -0.2) is 4.79 Å². The second-order valence-electron chi connectivity index (χ2n) is 6.21. The summed E-state index contributed by atoms with van der Waals surface area (Å²) in [6, 6.07) is 15.2. The van der Waals surface area contributed by atoms with Gasteiger partial charge in [0.25, 0.3) is 0 Å². The zero-order valence-corrected chi connectivity index (χ0v) is 14.2. The third-order valence-electron chi connectivity index (χ3n) is 4.52. The van der Waals surface area contributed by atoms with Gasteiger partial charge in [0.15, 0.2) is 0 Å². The topological polar surface area (TPSA) is 74.3 Å². The highest BCUT2D eigenvalue weighted by molar-refractivity contribution is 5.80. The van der Waals surface area contributed by atoms with Gasteiger partial charge < -0.3 is 15.5 Å². The highest BCUT2D eigenvalue weighted by atomic mass is 16.2. The van der Waals surface area contributed by atoms with Gasteiger partial charge in [0.05, 0.1) is 18.3 Å². The van der Waals surface area contributed by atoms with E-state index in [9.17, 15) is 9.59 Å². The van der Waals surface area contributed by atoms with Gasteiger partial charge in [-0.3, -0.25) is 9.78 Å². The number of pyridine rings is 1. The average molecular weight is 338 g/mol. The molecular formula is C19H22N4O2. The van der Waals surface area contributed by atoms with E-state index in [2.05, 4.69) is 15.6 Å². The van der Waals surface area contributed by atoms with Crippen LogP contribution in [0.1, 0.15) is 23.7 Å². The van der Waals surface area contributed by atoms with E-state index in [1.807, 2.05) is 55.6 Å². The molecule has 2 N–H and O–H groups in total. The summed E-state index contributed by atoms with van der Waals surface area (Å²) in [5, 5.41) is 5.67. The fourth-order valence-electron chi connectivity index (χ4n) is 3.24. The third-order valence-corrected chi connectivity index (χ3v) is 4.52. The number of nitrogens with zero attached hydrogens (tertiary/aromatic N) is 2. The van der Waals surface area contributed by atoms with E-state index >= 15 is 0 Å². The van der Waals surface area contributed by atoms with E-state index in [1.165, 1.54) is 0 Å². The van der Waals surface area contributed by atoms with Crippen molar-refractivity contribution in [3.05, 3.63) is 66.0 Å². The first-order valence-corrected chi connectivity index (χ1v) is 8.37. The summed E-state index contributed by atoms with van der Waals surface area (Å²) in [4.78, 5) is 30.1. The van der Waals surface area contributed by atoms with E-state index in [0.29, 0.717) is 19.5 Å². The average Bonchev–Trinajstić information content (AvgIpc) is 2.94. The van der Waals surface area contributed by atoms with Crippen molar-refractivity contribution in [2.75, 3.05) is 13.6 Å². The Labute approximate surface area is 147 Å². The van der Waals surface area contributed by atoms with Crippen LogP contribution < -0.4 is 10.6 Å². The van der Waals surface area contributed by atoms with E-state index in [4.69, 9.17) is 0 Å². The van der Waals surface area contributed by atoms with Gasteiger partial charge in [-0.2, -0.15) is 0 Å². The summed E-state index contributed by atoms with van der Waals surface area (Å²) in [5.41, 5.74) is 1.90. The lowest BCUT2D eigenvalue weighted by molar-refractivity contribution is -0.127. The minimum absolute atomic E-state index is 0.00945. The van der Waals surface area contributed by atoms with E-state index in [1.54, 1.807) is 11.1 Å². The minimum atomic E-state index is -0.250. The number of aromatic nitrogens is 1. The molecule has 6 nitrogen and oxygen atoms in total. The normalized spacial score (nSPS) is 19.7. The number of carbonyl (C=O) groups is 2. The molecule has 2 aromatic rings. The van der Waals surface area contributed by atoms with Crippen molar-refractivity contribution in [2.45, 2.75) is 19.0 Å². The summed E-state index contributed by atoms with van der Waals surface area (Å²) >= 11 is 0. The number of carbonyl (C=O) groups excluding carboxylic acids is 2. The second kappa shape index (κ2) is 7.79. The van der Waals surface area contributed by atoms with E-state index in [-0.39, 0.29) is 23.9 Å². The molecule has 1 saturated heterocycles. The number of hydrogen-bond acceptors (Lipinski definition) is 3. The number of hydrogen-bond donors (Lipinski definition) is 2. The van der Waals surface area contributed by atoms with Crippen LogP contribution in [-0.4, -0.2) is 35.4 Å². The molecule has 0 radical (unpaired) electrons. The van der Waals surface area contributed by atoms with E-state index in [0.717, 1.165) is 11.3 Å². The number of rotatable bonds is 5. The van der Waals surface area contributed by atoms with Gasteiger partial charge in [-0.05, 0) is 17.7 Å². The molecule has 1 aromatic carbocycles. The van der Waals surface area contributed by atoms with Crippen LogP contribution in [0.25, 0.3) is 0 Å². The lowest BCUT2D eigenvalue weighted by Crippen LogP contribution is -2.39. The molecule has 3 amide bonds. The van der Waals surface area contributed by atoms with Crippen molar-refractivity contribution in [1.82, 2.24) is 20.5 Å². The Balaban J connectivity index is 1.56. The maximum absolute atomic E-state index is 12.1. The molecule has 130 valence electrons. The van der Waals surface area contributed by atoms with Crippen LogP contribution in [0.2, 0.25) is 0 Å².